The van der Waals surface area contributed by atoms with Gasteiger partial charge in [0.05, 0.1) is 5.41 Å². The quantitative estimate of drug-likeness (QED) is 0.789. The Bertz CT molecular complexity index is 310. The van der Waals surface area contributed by atoms with E-state index in [0.717, 1.165) is 32.1 Å². The van der Waals surface area contributed by atoms with Gasteiger partial charge in [0.25, 0.3) is 0 Å². The van der Waals surface area contributed by atoms with Gasteiger partial charge in [-0.05, 0) is 46.5 Å². The lowest BCUT2D eigenvalue weighted by atomic mass is 9.84. The molecule has 4 unspecified atom stereocenters. The van der Waals surface area contributed by atoms with E-state index in [0.29, 0.717) is 12.1 Å². The van der Waals surface area contributed by atoms with Crippen molar-refractivity contribution in [1.29, 1.82) is 0 Å². The minimum Gasteiger partial charge on any atom is -0.327 e. The number of nitrogens with one attached hydrogen (secondary N) is 1. The van der Waals surface area contributed by atoms with Crippen molar-refractivity contribution in [2.45, 2.75) is 77.4 Å². The molecule has 0 bridgehead atoms. The maximum Gasteiger partial charge on any atom is 0.241 e. The number of nitrogens with zero attached hydrogens (tertiary/aromatic N) is 1. The Labute approximate surface area is 110 Å². The molecule has 2 rings (SSSR count). The van der Waals surface area contributed by atoms with Crippen LogP contribution in [0.2, 0.25) is 0 Å². The number of hydrogen-bond donors (Lipinski definition) is 2. The van der Waals surface area contributed by atoms with Crippen molar-refractivity contribution >= 4 is 5.91 Å². The fourth-order valence-corrected chi connectivity index (χ4v) is 3.36. The van der Waals surface area contributed by atoms with Gasteiger partial charge in [-0.15, -0.1) is 0 Å². The summed E-state index contributed by atoms with van der Waals surface area (Å²) in [7, 11) is 0. The Morgan fingerprint density at radius 1 is 1.22 bits per heavy atom. The van der Waals surface area contributed by atoms with E-state index >= 15 is 0 Å². The first kappa shape index (κ1) is 13.8. The van der Waals surface area contributed by atoms with Crippen molar-refractivity contribution in [3.63, 3.8) is 0 Å². The molecule has 0 aromatic rings. The van der Waals surface area contributed by atoms with E-state index in [2.05, 4.69) is 24.3 Å². The predicted octanol–water partition coefficient (Wildman–Crippen LogP) is 1.80. The molecule has 1 aliphatic carbocycles. The third kappa shape index (κ3) is 2.41. The number of piperidine rings is 1. The SMILES string of the molecule is CC1CCCC(C)N1NC(=O)C1(C)CCCC1N. The van der Waals surface area contributed by atoms with Crippen LogP contribution < -0.4 is 11.2 Å². The van der Waals surface area contributed by atoms with Crippen molar-refractivity contribution < 1.29 is 4.79 Å². The summed E-state index contributed by atoms with van der Waals surface area (Å²) >= 11 is 0. The first-order valence-corrected chi connectivity index (χ1v) is 7.30. The molecule has 0 aromatic carbocycles. The average molecular weight is 253 g/mol. The maximum absolute atomic E-state index is 12.5. The lowest BCUT2D eigenvalue weighted by molar-refractivity contribution is -0.139. The van der Waals surface area contributed by atoms with Crippen molar-refractivity contribution in [2.24, 2.45) is 11.1 Å². The van der Waals surface area contributed by atoms with Gasteiger partial charge in [0.1, 0.15) is 0 Å². The van der Waals surface area contributed by atoms with E-state index in [1.54, 1.807) is 0 Å². The van der Waals surface area contributed by atoms with Crippen LogP contribution in [0.15, 0.2) is 0 Å². The molecule has 18 heavy (non-hydrogen) atoms. The lowest BCUT2D eigenvalue weighted by Gasteiger charge is -2.41. The molecular formula is C14H27N3O. The molecule has 0 spiro atoms. The number of hydrazine groups is 1. The summed E-state index contributed by atoms with van der Waals surface area (Å²) in [6.45, 7) is 6.39. The zero-order valence-corrected chi connectivity index (χ0v) is 11.9. The normalized spacial score (nSPS) is 41.9. The molecule has 3 N–H and O–H groups in total. The lowest BCUT2D eigenvalue weighted by Crippen LogP contribution is -2.59. The minimum absolute atomic E-state index is 0.00732. The van der Waals surface area contributed by atoms with E-state index < -0.39 is 0 Å². The van der Waals surface area contributed by atoms with E-state index in [4.69, 9.17) is 5.73 Å². The summed E-state index contributed by atoms with van der Waals surface area (Å²) in [5.74, 6) is 0.119. The Balaban J connectivity index is 2.02. The number of carbonyl (C=O) groups is 1. The Hall–Kier alpha value is -0.610. The molecule has 4 atom stereocenters. The molecule has 1 amide bonds. The van der Waals surface area contributed by atoms with Crippen LogP contribution in [0.4, 0.5) is 0 Å². The standard InChI is InChI=1S/C14H27N3O/c1-10-6-4-7-11(2)17(10)16-13(18)14(3)9-5-8-12(14)15/h10-12H,4-9,15H2,1-3H3,(H,16,18). The summed E-state index contributed by atoms with van der Waals surface area (Å²) in [6, 6.07) is 0.866. The molecule has 1 saturated heterocycles. The topological polar surface area (TPSA) is 58.4 Å². The van der Waals surface area contributed by atoms with Crippen LogP contribution in [0.25, 0.3) is 0 Å². The fourth-order valence-electron chi connectivity index (χ4n) is 3.36. The summed E-state index contributed by atoms with van der Waals surface area (Å²) in [5, 5.41) is 2.14. The zero-order chi connectivity index (χ0) is 13.3. The monoisotopic (exact) mass is 253 g/mol. The van der Waals surface area contributed by atoms with E-state index in [9.17, 15) is 4.79 Å². The zero-order valence-electron chi connectivity index (χ0n) is 11.9. The van der Waals surface area contributed by atoms with Crippen molar-refractivity contribution in [2.75, 3.05) is 0 Å². The molecular weight excluding hydrogens is 226 g/mol. The van der Waals surface area contributed by atoms with E-state index in [-0.39, 0.29) is 17.4 Å². The highest BCUT2D eigenvalue weighted by atomic mass is 16.2. The molecule has 2 aliphatic rings. The average Bonchev–Trinajstić information content (AvgIpc) is 2.66. The van der Waals surface area contributed by atoms with Gasteiger partial charge in [0.2, 0.25) is 5.91 Å². The van der Waals surface area contributed by atoms with Crippen LogP contribution >= 0.6 is 0 Å². The van der Waals surface area contributed by atoms with E-state index in [1.807, 2.05) is 6.92 Å². The van der Waals surface area contributed by atoms with Gasteiger partial charge in [-0.25, -0.2) is 5.01 Å². The second kappa shape index (κ2) is 5.17. The number of carbonyl (C=O) groups excluding carboxylic acids is 1. The van der Waals surface area contributed by atoms with E-state index in [1.165, 1.54) is 6.42 Å². The second-order valence-electron chi connectivity index (χ2n) is 6.39. The molecule has 0 aromatic heterocycles. The minimum atomic E-state index is -0.378. The van der Waals surface area contributed by atoms with Crippen LogP contribution in [-0.4, -0.2) is 29.0 Å². The summed E-state index contributed by atoms with van der Waals surface area (Å²) in [6.07, 6.45) is 6.52. The molecule has 0 radical (unpaired) electrons. The number of hydrogen-bond acceptors (Lipinski definition) is 3. The van der Waals surface area contributed by atoms with Gasteiger partial charge >= 0.3 is 0 Å². The number of rotatable bonds is 2. The third-order valence-corrected chi connectivity index (χ3v) is 4.97. The third-order valence-electron chi connectivity index (χ3n) is 4.97. The molecule has 2 fully saturated rings. The summed E-state index contributed by atoms with van der Waals surface area (Å²) in [5.41, 5.74) is 8.88. The predicted molar refractivity (Wildman–Crippen MR) is 72.7 cm³/mol. The molecule has 4 nitrogen and oxygen atoms in total. The Morgan fingerprint density at radius 3 is 2.33 bits per heavy atom. The molecule has 104 valence electrons. The van der Waals surface area contributed by atoms with Gasteiger partial charge in [-0.2, -0.15) is 0 Å². The highest BCUT2D eigenvalue weighted by molar-refractivity contribution is 5.83. The van der Waals surface area contributed by atoms with Crippen LogP contribution in [0.1, 0.15) is 59.3 Å². The van der Waals surface area contributed by atoms with Crippen LogP contribution in [-0.2, 0) is 4.79 Å². The van der Waals surface area contributed by atoms with Crippen LogP contribution in [0, 0.1) is 5.41 Å². The van der Waals surface area contributed by atoms with Crippen molar-refractivity contribution in [3.05, 3.63) is 0 Å². The van der Waals surface area contributed by atoms with Crippen LogP contribution in [0.5, 0.6) is 0 Å². The smallest absolute Gasteiger partial charge is 0.241 e. The van der Waals surface area contributed by atoms with Gasteiger partial charge < -0.3 is 5.73 Å². The Morgan fingerprint density at radius 2 is 1.83 bits per heavy atom. The van der Waals surface area contributed by atoms with Crippen LogP contribution in [0.3, 0.4) is 0 Å². The number of amides is 1. The number of nitrogens with two attached hydrogens (primary N) is 1. The molecule has 4 heteroatoms. The summed E-state index contributed by atoms with van der Waals surface area (Å²) in [4.78, 5) is 12.5. The molecule has 1 saturated carbocycles. The highest BCUT2D eigenvalue weighted by Gasteiger charge is 2.44. The molecule has 1 aliphatic heterocycles. The van der Waals surface area contributed by atoms with Gasteiger partial charge in [0, 0.05) is 18.1 Å². The highest BCUT2D eigenvalue weighted by Crippen LogP contribution is 2.37. The first-order chi connectivity index (χ1) is 8.45. The maximum atomic E-state index is 12.5. The van der Waals surface area contributed by atoms with Gasteiger partial charge in [-0.1, -0.05) is 12.8 Å². The largest absolute Gasteiger partial charge is 0.327 e. The molecule has 1 heterocycles. The second-order valence-corrected chi connectivity index (χ2v) is 6.39. The van der Waals surface area contributed by atoms with Gasteiger partial charge in [-0.3, -0.25) is 10.2 Å². The van der Waals surface area contributed by atoms with Crippen molar-refractivity contribution in [3.8, 4) is 0 Å². The summed E-state index contributed by atoms with van der Waals surface area (Å²) < 4.78 is 0. The van der Waals surface area contributed by atoms with Gasteiger partial charge in [0.15, 0.2) is 0 Å². The van der Waals surface area contributed by atoms with Crippen molar-refractivity contribution in [1.82, 2.24) is 10.4 Å². The fraction of sp³-hybridized carbons (Fsp3) is 0.929. The Kier molecular flexibility index (Phi) is 3.97. The first-order valence-electron chi connectivity index (χ1n) is 7.30.